The first-order chi connectivity index (χ1) is 10.1. The van der Waals surface area contributed by atoms with E-state index in [1.807, 2.05) is 18.2 Å². The molecule has 0 saturated carbocycles. The number of aliphatic carboxylic acids is 1. The Hall–Kier alpha value is -1.52. The highest BCUT2D eigenvalue weighted by molar-refractivity contribution is 6.33. The smallest absolute Gasteiger partial charge is 0.328 e. The van der Waals surface area contributed by atoms with Crippen molar-refractivity contribution in [2.45, 2.75) is 12.8 Å². The molecule has 5 heteroatoms. The number of para-hydroxylation sites is 1. The van der Waals surface area contributed by atoms with Gasteiger partial charge in [0.1, 0.15) is 0 Å². The molecule has 1 unspecified atom stereocenters. The average Bonchev–Trinajstić information content (AvgIpc) is 2.45. The molecule has 0 aliphatic carbocycles. The van der Waals surface area contributed by atoms with E-state index in [1.54, 1.807) is 13.2 Å². The minimum atomic E-state index is -0.961. The van der Waals surface area contributed by atoms with Crippen molar-refractivity contribution >= 4 is 29.3 Å². The number of halogens is 1. The second-order valence-electron chi connectivity index (χ2n) is 5.26. The topological polar surface area (TPSA) is 49.8 Å². The SMILES string of the molecule is COCC1CCCN(c2c(Cl)cccc2/C=C/C(=O)O)C1. The average molecular weight is 310 g/mol. The molecule has 1 saturated heterocycles. The van der Waals surface area contributed by atoms with Gasteiger partial charge in [0.25, 0.3) is 0 Å². The maximum atomic E-state index is 10.7. The van der Waals surface area contributed by atoms with Crippen molar-refractivity contribution < 1.29 is 14.6 Å². The van der Waals surface area contributed by atoms with Crippen LogP contribution in [0.1, 0.15) is 18.4 Å². The molecule has 2 rings (SSSR count). The number of hydrogen-bond acceptors (Lipinski definition) is 3. The molecule has 1 aromatic carbocycles. The summed E-state index contributed by atoms with van der Waals surface area (Å²) in [6.07, 6.45) is 4.98. The Bertz CT molecular complexity index is 528. The van der Waals surface area contributed by atoms with Crippen LogP contribution in [0.15, 0.2) is 24.3 Å². The molecule has 1 atom stereocenters. The summed E-state index contributed by atoms with van der Waals surface area (Å²) in [5.74, 6) is -0.479. The largest absolute Gasteiger partial charge is 0.478 e. The molecule has 1 N–H and O–H groups in total. The molecule has 1 aliphatic heterocycles. The lowest BCUT2D eigenvalue weighted by atomic mass is 9.97. The van der Waals surface area contributed by atoms with Crippen LogP contribution in [-0.4, -0.2) is 37.9 Å². The second-order valence-corrected chi connectivity index (χ2v) is 5.67. The highest BCUT2D eigenvalue weighted by Crippen LogP contribution is 2.34. The quantitative estimate of drug-likeness (QED) is 0.848. The van der Waals surface area contributed by atoms with Crippen LogP contribution in [0.4, 0.5) is 5.69 Å². The molecular weight excluding hydrogens is 290 g/mol. The molecular formula is C16H20ClNO3. The van der Waals surface area contributed by atoms with Gasteiger partial charge >= 0.3 is 5.97 Å². The van der Waals surface area contributed by atoms with Crippen molar-refractivity contribution in [3.05, 3.63) is 34.9 Å². The Kier molecular flexibility index (Phi) is 5.65. The number of ether oxygens (including phenoxy) is 1. The van der Waals surface area contributed by atoms with Crippen LogP contribution < -0.4 is 4.90 Å². The predicted octanol–water partition coefficient (Wildman–Crippen LogP) is 3.30. The first kappa shape index (κ1) is 15.9. The summed E-state index contributed by atoms with van der Waals surface area (Å²) in [5, 5.41) is 9.46. The van der Waals surface area contributed by atoms with Gasteiger partial charge in [-0.1, -0.05) is 23.7 Å². The summed E-state index contributed by atoms with van der Waals surface area (Å²) < 4.78 is 5.25. The van der Waals surface area contributed by atoms with Crippen LogP contribution in [0.25, 0.3) is 6.08 Å². The number of hydrogen-bond donors (Lipinski definition) is 1. The summed E-state index contributed by atoms with van der Waals surface area (Å²) in [7, 11) is 1.72. The predicted molar refractivity (Wildman–Crippen MR) is 84.9 cm³/mol. The fourth-order valence-corrected chi connectivity index (χ4v) is 3.10. The van der Waals surface area contributed by atoms with Crippen molar-refractivity contribution in [3.8, 4) is 0 Å². The third-order valence-electron chi connectivity index (χ3n) is 3.66. The Morgan fingerprint density at radius 2 is 2.38 bits per heavy atom. The van der Waals surface area contributed by atoms with Gasteiger partial charge in [-0.25, -0.2) is 4.79 Å². The third-order valence-corrected chi connectivity index (χ3v) is 3.97. The minimum Gasteiger partial charge on any atom is -0.478 e. The summed E-state index contributed by atoms with van der Waals surface area (Å²) >= 11 is 6.35. The third kappa shape index (κ3) is 4.22. The van der Waals surface area contributed by atoms with Crippen molar-refractivity contribution in [1.29, 1.82) is 0 Å². The standard InChI is InChI=1S/C16H20ClNO3/c1-21-11-12-4-3-9-18(10-12)16-13(7-8-15(19)20)5-2-6-14(16)17/h2,5-8,12H,3-4,9-11H2,1H3,(H,19,20)/b8-7+. The van der Waals surface area contributed by atoms with Crippen LogP contribution >= 0.6 is 11.6 Å². The van der Waals surface area contributed by atoms with Gasteiger partial charge in [-0.2, -0.15) is 0 Å². The molecule has 0 bridgehead atoms. The monoisotopic (exact) mass is 309 g/mol. The first-order valence-corrected chi connectivity index (χ1v) is 7.43. The molecule has 0 aromatic heterocycles. The normalized spacial score (nSPS) is 19.1. The fourth-order valence-electron chi connectivity index (χ4n) is 2.80. The van der Waals surface area contributed by atoms with E-state index in [0.717, 1.165) is 49.9 Å². The number of nitrogens with zero attached hydrogens (tertiary/aromatic N) is 1. The summed E-state index contributed by atoms with van der Waals surface area (Å²) in [6, 6.07) is 5.57. The van der Waals surface area contributed by atoms with E-state index in [4.69, 9.17) is 21.4 Å². The lowest BCUT2D eigenvalue weighted by Gasteiger charge is -2.35. The van der Waals surface area contributed by atoms with E-state index in [1.165, 1.54) is 0 Å². The zero-order valence-corrected chi connectivity index (χ0v) is 12.8. The highest BCUT2D eigenvalue weighted by atomic mass is 35.5. The molecule has 0 amide bonds. The van der Waals surface area contributed by atoms with Crippen LogP contribution in [0, 0.1) is 5.92 Å². The molecule has 1 fully saturated rings. The van der Waals surface area contributed by atoms with E-state index in [-0.39, 0.29) is 0 Å². The van der Waals surface area contributed by atoms with Crippen molar-refractivity contribution in [3.63, 3.8) is 0 Å². The van der Waals surface area contributed by atoms with Gasteiger partial charge in [-0.15, -0.1) is 0 Å². The van der Waals surface area contributed by atoms with Crippen LogP contribution in [-0.2, 0) is 9.53 Å². The second kappa shape index (κ2) is 7.48. The molecule has 0 radical (unpaired) electrons. The van der Waals surface area contributed by atoms with Crippen LogP contribution in [0.3, 0.4) is 0 Å². The van der Waals surface area contributed by atoms with E-state index in [2.05, 4.69) is 4.90 Å². The zero-order chi connectivity index (χ0) is 15.2. The number of piperidine rings is 1. The lowest BCUT2D eigenvalue weighted by Crippen LogP contribution is -2.37. The van der Waals surface area contributed by atoms with Crippen LogP contribution in [0.2, 0.25) is 5.02 Å². The number of carboxylic acid groups (broad SMARTS) is 1. The maximum Gasteiger partial charge on any atom is 0.328 e. The highest BCUT2D eigenvalue weighted by Gasteiger charge is 2.22. The van der Waals surface area contributed by atoms with Gasteiger partial charge in [0.05, 0.1) is 17.3 Å². The number of methoxy groups -OCH3 is 1. The summed E-state index contributed by atoms with van der Waals surface area (Å²) in [6.45, 7) is 2.55. The van der Waals surface area contributed by atoms with E-state index in [0.29, 0.717) is 10.9 Å². The van der Waals surface area contributed by atoms with Gasteiger partial charge in [-0.3, -0.25) is 0 Å². The van der Waals surface area contributed by atoms with Crippen molar-refractivity contribution in [1.82, 2.24) is 0 Å². The molecule has 1 aromatic rings. The number of benzene rings is 1. The van der Waals surface area contributed by atoms with E-state index >= 15 is 0 Å². The first-order valence-electron chi connectivity index (χ1n) is 7.05. The Balaban J connectivity index is 2.27. The van der Waals surface area contributed by atoms with Gasteiger partial charge in [0.2, 0.25) is 0 Å². The number of carboxylic acids is 1. The van der Waals surface area contributed by atoms with E-state index < -0.39 is 5.97 Å². The number of anilines is 1. The molecule has 1 heterocycles. The van der Waals surface area contributed by atoms with Gasteiger partial charge in [-0.05, 0) is 36.5 Å². The fraction of sp³-hybridized carbons (Fsp3) is 0.438. The van der Waals surface area contributed by atoms with Crippen molar-refractivity contribution in [2.24, 2.45) is 5.92 Å². The summed E-state index contributed by atoms with van der Waals surface area (Å²) in [5.41, 5.74) is 1.75. The zero-order valence-electron chi connectivity index (χ0n) is 12.1. The minimum absolute atomic E-state index is 0.483. The van der Waals surface area contributed by atoms with Gasteiger partial charge in [0.15, 0.2) is 0 Å². The Labute approximate surface area is 130 Å². The van der Waals surface area contributed by atoms with Crippen LogP contribution in [0.5, 0.6) is 0 Å². The molecule has 4 nitrogen and oxygen atoms in total. The number of rotatable bonds is 5. The molecule has 21 heavy (non-hydrogen) atoms. The Morgan fingerprint density at radius 3 is 3.10 bits per heavy atom. The number of carbonyl (C=O) groups is 1. The van der Waals surface area contributed by atoms with E-state index in [9.17, 15) is 4.79 Å². The lowest BCUT2D eigenvalue weighted by molar-refractivity contribution is -0.131. The summed E-state index contributed by atoms with van der Waals surface area (Å²) in [4.78, 5) is 13.0. The van der Waals surface area contributed by atoms with Gasteiger partial charge < -0.3 is 14.7 Å². The molecule has 0 spiro atoms. The molecule has 1 aliphatic rings. The Morgan fingerprint density at radius 1 is 1.57 bits per heavy atom. The van der Waals surface area contributed by atoms with Crippen molar-refractivity contribution in [2.75, 3.05) is 31.7 Å². The maximum absolute atomic E-state index is 10.7. The van der Waals surface area contributed by atoms with Gasteiger partial charge in [0, 0.05) is 26.3 Å². The molecule has 114 valence electrons.